The van der Waals surface area contributed by atoms with Gasteiger partial charge in [0.15, 0.2) is 6.61 Å². The summed E-state index contributed by atoms with van der Waals surface area (Å²) < 4.78 is 5.68. The number of fused-ring (bicyclic) bond motifs is 16. The summed E-state index contributed by atoms with van der Waals surface area (Å²) >= 11 is 1.41. The molecule has 0 saturated heterocycles. The zero-order valence-corrected chi connectivity index (χ0v) is 30.5. The van der Waals surface area contributed by atoms with Crippen molar-refractivity contribution in [2.75, 3.05) is 6.61 Å². The third-order valence-electron chi connectivity index (χ3n) is 9.13. The molecule has 7 rings (SSSR count). The second kappa shape index (κ2) is 18.0. The maximum atomic E-state index is 14.3. The second-order valence-corrected chi connectivity index (χ2v) is 14.2. The molecule has 4 amide bonds. The fourth-order valence-corrected chi connectivity index (χ4v) is 6.94. The van der Waals surface area contributed by atoms with Gasteiger partial charge in [0.2, 0.25) is 17.7 Å². The Hall–Kier alpha value is -6.47. The number of nitrogens with one attached hydrogen (secondary N) is 4. The highest BCUT2D eigenvalue weighted by atomic mass is 32.1. The third kappa shape index (κ3) is 10.8. The Balaban J connectivity index is 1.34. The van der Waals surface area contributed by atoms with Crippen molar-refractivity contribution in [2.45, 2.75) is 49.9 Å². The number of carbonyl (C=O) groups is 5. The first-order valence-electron chi connectivity index (χ1n) is 17.7. The average Bonchev–Trinajstić information content (AvgIpc) is 3.71. The smallest absolute Gasteiger partial charge is 0.326 e. The monoisotopic (exact) mass is 760 g/mol. The van der Waals surface area contributed by atoms with E-state index >= 15 is 0 Å². The van der Waals surface area contributed by atoms with E-state index in [1.807, 2.05) is 72.1 Å². The van der Waals surface area contributed by atoms with Crippen LogP contribution in [-0.2, 0) is 49.7 Å². The molecule has 0 fully saturated rings. The van der Waals surface area contributed by atoms with Crippen molar-refractivity contribution in [3.63, 3.8) is 0 Å². The van der Waals surface area contributed by atoms with Crippen molar-refractivity contribution in [3.05, 3.63) is 142 Å². The summed E-state index contributed by atoms with van der Waals surface area (Å²) in [7, 11) is 0. The van der Waals surface area contributed by atoms with Crippen molar-refractivity contribution in [3.8, 4) is 22.6 Å². The molecular weight excluding hydrogens is 721 g/mol. The summed E-state index contributed by atoms with van der Waals surface area (Å²) in [4.78, 5) is 68.7. The van der Waals surface area contributed by atoms with Crippen LogP contribution in [0.15, 0.2) is 121 Å². The largest absolute Gasteiger partial charge is 0.508 e. The summed E-state index contributed by atoms with van der Waals surface area (Å²) in [5, 5.41) is 32.7. The third-order valence-corrected chi connectivity index (χ3v) is 10.0. The number of hydrogen-bond acceptors (Lipinski definition) is 8. The minimum atomic E-state index is -1.36. The Morgan fingerprint density at radius 2 is 1.20 bits per heavy atom. The lowest BCUT2D eigenvalue weighted by atomic mass is 9.99. The van der Waals surface area contributed by atoms with Crippen LogP contribution in [0.4, 0.5) is 0 Å². The number of carboxylic acids is 1. The molecule has 1 aromatic heterocycles. The zero-order chi connectivity index (χ0) is 38.7. The topological polar surface area (TPSA) is 183 Å². The second-order valence-electron chi connectivity index (χ2n) is 13.2. The van der Waals surface area contributed by atoms with Crippen molar-refractivity contribution in [1.29, 1.82) is 0 Å². The summed E-state index contributed by atoms with van der Waals surface area (Å²) in [5.74, 6) is -3.59. The van der Waals surface area contributed by atoms with Crippen LogP contribution in [0.2, 0.25) is 0 Å². The Kier molecular flexibility index (Phi) is 12.5. The van der Waals surface area contributed by atoms with Gasteiger partial charge in [0.1, 0.15) is 35.7 Å². The molecule has 55 heavy (non-hydrogen) atoms. The lowest BCUT2D eigenvalue weighted by Crippen LogP contribution is -2.59. The number of amides is 4. The highest BCUT2D eigenvalue weighted by Crippen LogP contribution is 2.21. The number of rotatable bonds is 8. The Morgan fingerprint density at radius 3 is 1.78 bits per heavy atom. The predicted octanol–water partition coefficient (Wildman–Crippen LogP) is 3.81. The van der Waals surface area contributed by atoms with Crippen LogP contribution < -0.4 is 26.0 Å². The van der Waals surface area contributed by atoms with Crippen molar-refractivity contribution in [2.24, 2.45) is 0 Å². The maximum Gasteiger partial charge on any atom is 0.326 e. The molecule has 13 heteroatoms. The van der Waals surface area contributed by atoms with E-state index in [-0.39, 0.29) is 31.4 Å². The lowest BCUT2D eigenvalue weighted by molar-refractivity contribution is -0.142. The van der Waals surface area contributed by atoms with Gasteiger partial charge < -0.3 is 36.2 Å². The summed E-state index contributed by atoms with van der Waals surface area (Å²) in [5.41, 5.74) is 3.82. The quantitative estimate of drug-likeness (QED) is 0.129. The summed E-state index contributed by atoms with van der Waals surface area (Å²) in [6, 6.07) is 28.5. The fraction of sp³-hybridized carbons (Fsp3) is 0.214. The van der Waals surface area contributed by atoms with Gasteiger partial charge in [-0.25, -0.2) is 4.79 Å². The number of aromatic hydroxyl groups is 1. The molecule has 12 nitrogen and oxygen atoms in total. The van der Waals surface area contributed by atoms with Crippen LogP contribution in [0.25, 0.3) is 11.1 Å². The molecule has 0 spiro atoms. The van der Waals surface area contributed by atoms with E-state index in [0.717, 1.165) is 16.0 Å². The first kappa shape index (κ1) is 38.3. The van der Waals surface area contributed by atoms with E-state index in [2.05, 4.69) is 21.3 Å². The molecule has 4 aromatic carbocycles. The number of carboxylic acid groups (broad SMARTS) is 1. The molecule has 2 bridgehead atoms. The average molecular weight is 761 g/mol. The number of phenols is 1. The van der Waals surface area contributed by atoms with Gasteiger partial charge >= 0.3 is 5.97 Å². The molecule has 0 unspecified atom stereocenters. The molecule has 2 aliphatic rings. The van der Waals surface area contributed by atoms with Gasteiger partial charge in [-0.1, -0.05) is 84.9 Å². The predicted molar refractivity (Wildman–Crippen MR) is 206 cm³/mol. The van der Waals surface area contributed by atoms with Crippen LogP contribution in [0, 0.1) is 0 Å². The van der Waals surface area contributed by atoms with E-state index in [4.69, 9.17) is 4.74 Å². The molecule has 3 heterocycles. The Morgan fingerprint density at radius 1 is 0.636 bits per heavy atom. The highest BCUT2D eigenvalue weighted by Gasteiger charge is 2.32. The van der Waals surface area contributed by atoms with Crippen LogP contribution in [0.5, 0.6) is 11.5 Å². The maximum absolute atomic E-state index is 14.3. The molecule has 6 N–H and O–H groups in total. The fourth-order valence-electron chi connectivity index (χ4n) is 6.18. The van der Waals surface area contributed by atoms with Crippen molar-refractivity contribution >= 4 is 40.9 Å². The lowest BCUT2D eigenvalue weighted by Gasteiger charge is -2.26. The van der Waals surface area contributed by atoms with Gasteiger partial charge in [-0.2, -0.15) is 0 Å². The normalized spacial score (nSPS) is 19.7. The van der Waals surface area contributed by atoms with E-state index < -0.39 is 60.4 Å². The molecule has 0 aliphatic carbocycles. The Bertz CT molecular complexity index is 2090. The van der Waals surface area contributed by atoms with Gasteiger partial charge in [0, 0.05) is 30.6 Å². The molecule has 5 aromatic rings. The van der Waals surface area contributed by atoms with E-state index in [1.54, 1.807) is 36.4 Å². The highest BCUT2D eigenvalue weighted by molar-refractivity contribution is 7.09. The van der Waals surface area contributed by atoms with Crippen molar-refractivity contribution < 1.29 is 38.9 Å². The van der Waals surface area contributed by atoms with Gasteiger partial charge in [-0.05, 0) is 63.5 Å². The first-order valence-corrected chi connectivity index (χ1v) is 18.6. The standard InChI is InChI=1S/C42H40N4O8S/c47-31-16-10-27(11-17-31)22-35-40(50)46-37(42(52)53)23-28-12-18-32(19-13-28)54-25-38(48)43-36(24-33-7-4-20-55-33)41(51)45-34(39(49)44-35)21-26-8-14-30(15-9-26)29-5-2-1-3-6-29/h1-20,34-37,47H,21-25H2,(H,43,48)(H,44,49)(H,45,51)(H,46,50)(H,52,53)/t34-,35+,36+,37+/m1/s1. The van der Waals surface area contributed by atoms with Gasteiger partial charge in [0.05, 0.1) is 0 Å². The van der Waals surface area contributed by atoms with Crippen molar-refractivity contribution in [1.82, 2.24) is 21.3 Å². The van der Waals surface area contributed by atoms with E-state index in [0.29, 0.717) is 22.4 Å². The van der Waals surface area contributed by atoms with E-state index in [9.17, 15) is 34.2 Å². The molecule has 0 saturated carbocycles. The van der Waals surface area contributed by atoms with Gasteiger partial charge in [-0.15, -0.1) is 11.3 Å². The van der Waals surface area contributed by atoms with Crippen LogP contribution in [0.1, 0.15) is 21.6 Å². The molecule has 4 atom stereocenters. The number of thiophene rings is 1. The van der Waals surface area contributed by atoms with E-state index in [1.165, 1.54) is 23.5 Å². The molecule has 0 radical (unpaired) electrons. The number of aliphatic carboxylic acids is 1. The number of ether oxygens (including phenoxy) is 1. The molecule has 282 valence electrons. The van der Waals surface area contributed by atoms with Crippen LogP contribution in [0.3, 0.4) is 0 Å². The Labute approximate surface area is 321 Å². The summed E-state index contributed by atoms with van der Waals surface area (Å²) in [6.07, 6.45) is 0.0325. The van der Waals surface area contributed by atoms with Gasteiger partial charge in [0.25, 0.3) is 5.91 Å². The number of phenolic OH excluding ortho intramolecular Hbond substituents is 1. The molecular formula is C42H40N4O8S. The SMILES string of the molecule is O=C1COc2ccc(cc2)C[C@@H](C(=O)O)NC(=O)[C@H](Cc2ccc(O)cc2)NC(=O)[C@@H](Cc2ccc(-c3ccccc3)cc2)NC(=O)[C@H](Cc2cccs2)N1. The molecule has 2 aliphatic heterocycles. The van der Waals surface area contributed by atoms with Gasteiger partial charge in [-0.3, -0.25) is 19.2 Å². The van der Waals surface area contributed by atoms with Crippen LogP contribution >= 0.6 is 11.3 Å². The first-order chi connectivity index (χ1) is 26.6. The zero-order valence-electron chi connectivity index (χ0n) is 29.6. The summed E-state index contributed by atoms with van der Waals surface area (Å²) in [6.45, 7) is -0.405. The minimum absolute atomic E-state index is 0.00496. The number of benzene rings is 4. The number of hydrogen-bond donors (Lipinski definition) is 6. The van der Waals surface area contributed by atoms with Crippen LogP contribution in [-0.4, -0.2) is 70.6 Å². The minimum Gasteiger partial charge on any atom is -0.508 e. The number of carbonyl (C=O) groups excluding carboxylic acids is 4.